The largest absolute Gasteiger partial charge is 0.479 e. The standard InChI is InChI=1S/C22H27N7O2/c1-4-28-18-13-14(5-6-17(18)25-27-28)16-9-12-29-19(16)20(31-3)24-21(26-29)23-15-7-10-22(2,30)11-8-15/h5-6,9,12-13,15,30H,4,7-8,10-11H2,1-3H3,(H,23,26). The number of rotatable bonds is 5. The summed E-state index contributed by atoms with van der Waals surface area (Å²) in [5.41, 5.74) is 4.13. The van der Waals surface area contributed by atoms with E-state index in [1.165, 1.54) is 0 Å². The molecule has 0 bridgehead atoms. The third-order valence-corrected chi connectivity index (χ3v) is 6.19. The van der Waals surface area contributed by atoms with Gasteiger partial charge in [0.25, 0.3) is 0 Å². The summed E-state index contributed by atoms with van der Waals surface area (Å²) in [5.74, 6) is 1.05. The normalized spacial score (nSPS) is 21.6. The number of nitrogens with one attached hydrogen (secondary N) is 1. The van der Waals surface area contributed by atoms with Gasteiger partial charge in [0.05, 0.1) is 18.2 Å². The zero-order chi connectivity index (χ0) is 21.6. The predicted octanol–water partition coefficient (Wildman–Crippen LogP) is 3.28. The molecule has 0 spiro atoms. The summed E-state index contributed by atoms with van der Waals surface area (Å²) in [6.45, 7) is 4.71. The molecule has 0 unspecified atom stereocenters. The molecular formula is C22H27N7O2. The van der Waals surface area contributed by atoms with Crippen molar-refractivity contribution < 1.29 is 9.84 Å². The minimum atomic E-state index is -0.570. The van der Waals surface area contributed by atoms with E-state index < -0.39 is 5.60 Å². The maximum Gasteiger partial charge on any atom is 0.244 e. The van der Waals surface area contributed by atoms with E-state index in [-0.39, 0.29) is 6.04 Å². The Hall–Kier alpha value is -3.20. The van der Waals surface area contributed by atoms with Crippen molar-refractivity contribution >= 4 is 22.5 Å². The van der Waals surface area contributed by atoms with Gasteiger partial charge < -0.3 is 15.2 Å². The van der Waals surface area contributed by atoms with Crippen molar-refractivity contribution in [3.63, 3.8) is 0 Å². The van der Waals surface area contributed by atoms with E-state index in [2.05, 4.69) is 31.8 Å². The number of anilines is 1. The third kappa shape index (κ3) is 3.59. The molecule has 0 atom stereocenters. The van der Waals surface area contributed by atoms with Crippen molar-refractivity contribution in [2.75, 3.05) is 12.4 Å². The Balaban J connectivity index is 1.50. The van der Waals surface area contributed by atoms with E-state index in [1.807, 2.05) is 47.4 Å². The van der Waals surface area contributed by atoms with Crippen LogP contribution < -0.4 is 10.1 Å². The SMILES string of the molecule is CCn1nnc2ccc(-c3ccn4nc(NC5CCC(C)(O)CC5)nc(OC)c34)cc21. The zero-order valence-corrected chi connectivity index (χ0v) is 18.0. The molecule has 1 aromatic carbocycles. The summed E-state index contributed by atoms with van der Waals surface area (Å²) in [5, 5.41) is 26.7. The quantitative estimate of drug-likeness (QED) is 0.510. The number of aryl methyl sites for hydroxylation is 1. The second-order valence-corrected chi connectivity index (χ2v) is 8.49. The number of methoxy groups -OCH3 is 1. The van der Waals surface area contributed by atoms with Gasteiger partial charge in [0.2, 0.25) is 11.8 Å². The lowest BCUT2D eigenvalue weighted by molar-refractivity contribution is 0.0195. The molecule has 1 fully saturated rings. The Bertz CT molecular complexity index is 1230. The van der Waals surface area contributed by atoms with Crippen LogP contribution in [0.3, 0.4) is 0 Å². The molecular weight excluding hydrogens is 394 g/mol. The van der Waals surface area contributed by atoms with Crippen LogP contribution in [-0.2, 0) is 6.54 Å². The molecule has 0 aliphatic heterocycles. The van der Waals surface area contributed by atoms with Crippen molar-refractivity contribution in [3.8, 4) is 17.0 Å². The second-order valence-electron chi connectivity index (χ2n) is 8.49. The first-order valence-electron chi connectivity index (χ1n) is 10.7. The molecule has 3 aromatic heterocycles. The number of aliphatic hydroxyl groups is 1. The number of fused-ring (bicyclic) bond motifs is 2. The van der Waals surface area contributed by atoms with Gasteiger partial charge in [0.15, 0.2) is 0 Å². The first-order chi connectivity index (χ1) is 15.0. The van der Waals surface area contributed by atoms with Crippen molar-refractivity contribution in [2.24, 2.45) is 0 Å². The molecule has 0 amide bonds. The molecule has 3 heterocycles. The van der Waals surface area contributed by atoms with Crippen molar-refractivity contribution in [1.29, 1.82) is 0 Å². The van der Waals surface area contributed by atoms with Crippen LogP contribution in [0.2, 0.25) is 0 Å². The highest BCUT2D eigenvalue weighted by atomic mass is 16.5. The van der Waals surface area contributed by atoms with Crippen LogP contribution in [0.4, 0.5) is 5.95 Å². The lowest BCUT2D eigenvalue weighted by Crippen LogP contribution is -2.36. The van der Waals surface area contributed by atoms with Crippen LogP contribution in [0.1, 0.15) is 39.5 Å². The van der Waals surface area contributed by atoms with Crippen LogP contribution >= 0.6 is 0 Å². The molecule has 9 heteroatoms. The summed E-state index contributed by atoms with van der Waals surface area (Å²) in [4.78, 5) is 4.64. The van der Waals surface area contributed by atoms with Crippen molar-refractivity contribution in [1.82, 2.24) is 29.6 Å². The van der Waals surface area contributed by atoms with Gasteiger partial charge in [0.1, 0.15) is 11.0 Å². The van der Waals surface area contributed by atoms with Crippen LogP contribution in [0.25, 0.3) is 27.7 Å². The zero-order valence-electron chi connectivity index (χ0n) is 18.0. The lowest BCUT2D eigenvalue weighted by Gasteiger charge is -2.33. The molecule has 1 saturated carbocycles. The van der Waals surface area contributed by atoms with E-state index in [0.717, 1.165) is 59.9 Å². The topological polar surface area (TPSA) is 102 Å². The minimum Gasteiger partial charge on any atom is -0.479 e. The number of ether oxygens (including phenoxy) is 1. The molecule has 9 nitrogen and oxygen atoms in total. The van der Waals surface area contributed by atoms with Crippen molar-refractivity contribution in [2.45, 2.75) is 57.7 Å². The monoisotopic (exact) mass is 421 g/mol. The third-order valence-electron chi connectivity index (χ3n) is 6.19. The fraction of sp³-hybridized carbons (Fsp3) is 0.455. The lowest BCUT2D eigenvalue weighted by atomic mass is 9.84. The average molecular weight is 422 g/mol. The van der Waals surface area contributed by atoms with Crippen LogP contribution in [-0.4, -0.2) is 53.5 Å². The van der Waals surface area contributed by atoms with Gasteiger partial charge in [-0.25, -0.2) is 9.20 Å². The number of aromatic nitrogens is 6. The highest BCUT2D eigenvalue weighted by molar-refractivity contribution is 5.89. The van der Waals surface area contributed by atoms with Crippen LogP contribution in [0.15, 0.2) is 30.5 Å². The Labute approximate surface area is 180 Å². The van der Waals surface area contributed by atoms with E-state index in [1.54, 1.807) is 7.11 Å². The van der Waals surface area contributed by atoms with Gasteiger partial charge in [-0.1, -0.05) is 11.3 Å². The summed E-state index contributed by atoms with van der Waals surface area (Å²) in [7, 11) is 1.62. The maximum absolute atomic E-state index is 10.2. The fourth-order valence-electron chi connectivity index (χ4n) is 4.36. The van der Waals surface area contributed by atoms with E-state index in [4.69, 9.17) is 4.74 Å². The van der Waals surface area contributed by atoms with Crippen LogP contribution in [0.5, 0.6) is 5.88 Å². The first kappa shape index (κ1) is 19.7. The molecule has 31 heavy (non-hydrogen) atoms. The molecule has 0 radical (unpaired) electrons. The van der Waals surface area contributed by atoms with Crippen LogP contribution in [0, 0.1) is 0 Å². The maximum atomic E-state index is 10.2. The second kappa shape index (κ2) is 7.49. The fourth-order valence-corrected chi connectivity index (χ4v) is 4.36. The van der Waals surface area contributed by atoms with Gasteiger partial charge in [-0.05, 0) is 63.3 Å². The molecule has 0 saturated heterocycles. The van der Waals surface area contributed by atoms with Gasteiger partial charge in [-0.3, -0.25) is 0 Å². The Morgan fingerprint density at radius 2 is 2.06 bits per heavy atom. The molecule has 2 N–H and O–H groups in total. The smallest absolute Gasteiger partial charge is 0.244 e. The summed E-state index contributed by atoms with van der Waals surface area (Å²) in [6.07, 6.45) is 5.22. The Morgan fingerprint density at radius 3 is 2.81 bits per heavy atom. The molecule has 1 aliphatic rings. The molecule has 4 aromatic rings. The first-order valence-corrected chi connectivity index (χ1v) is 10.7. The Kier molecular flexibility index (Phi) is 4.77. The number of hydrogen-bond donors (Lipinski definition) is 2. The van der Waals surface area contributed by atoms with E-state index in [0.29, 0.717) is 11.8 Å². The van der Waals surface area contributed by atoms with E-state index in [9.17, 15) is 5.11 Å². The van der Waals surface area contributed by atoms with E-state index >= 15 is 0 Å². The van der Waals surface area contributed by atoms with Gasteiger partial charge >= 0.3 is 0 Å². The average Bonchev–Trinajstić information content (AvgIpc) is 3.38. The predicted molar refractivity (Wildman–Crippen MR) is 118 cm³/mol. The highest BCUT2D eigenvalue weighted by Crippen LogP contribution is 2.34. The Morgan fingerprint density at radius 1 is 1.26 bits per heavy atom. The van der Waals surface area contributed by atoms with Gasteiger partial charge in [-0.2, -0.15) is 4.98 Å². The minimum absolute atomic E-state index is 0.238. The van der Waals surface area contributed by atoms with Crippen molar-refractivity contribution in [3.05, 3.63) is 30.5 Å². The highest BCUT2D eigenvalue weighted by Gasteiger charge is 2.29. The molecule has 5 rings (SSSR count). The van der Waals surface area contributed by atoms with Gasteiger partial charge in [0, 0.05) is 24.3 Å². The number of benzene rings is 1. The summed E-state index contributed by atoms with van der Waals surface area (Å²) >= 11 is 0. The molecule has 1 aliphatic carbocycles. The summed E-state index contributed by atoms with van der Waals surface area (Å²) < 4.78 is 9.34. The number of hydrogen-bond acceptors (Lipinski definition) is 7. The molecule has 162 valence electrons. The summed E-state index contributed by atoms with van der Waals surface area (Å²) in [6, 6.07) is 8.37. The number of nitrogens with zero attached hydrogens (tertiary/aromatic N) is 6. The van der Waals surface area contributed by atoms with Gasteiger partial charge in [-0.15, -0.1) is 10.2 Å².